The Balaban J connectivity index is 1.61. The Labute approximate surface area is 258 Å². The normalized spacial score (nSPS) is 11.8. The number of imidazole rings is 1. The lowest BCUT2D eigenvalue weighted by Gasteiger charge is -2.37. The summed E-state index contributed by atoms with van der Waals surface area (Å²) in [5, 5.41) is 0. The molecule has 216 valence electrons. The average molecular weight is 575 g/mol. The van der Waals surface area contributed by atoms with Crippen molar-refractivity contribution >= 4 is 17.6 Å². The number of methoxy groups -OCH3 is 1. The van der Waals surface area contributed by atoms with Gasteiger partial charge in [-0.3, -0.25) is 0 Å². The van der Waals surface area contributed by atoms with E-state index in [1.54, 1.807) is 6.07 Å². The molecule has 0 bridgehead atoms. The van der Waals surface area contributed by atoms with E-state index in [2.05, 4.69) is 122 Å². The molecule has 0 amide bonds. The molecule has 1 heterocycles. The third-order valence-corrected chi connectivity index (χ3v) is 8.33. The smallest absolute Gasteiger partial charge is 0.337 e. The fourth-order valence-electron chi connectivity index (χ4n) is 6.00. The first-order valence-corrected chi connectivity index (χ1v) is 14.7. The van der Waals surface area contributed by atoms with E-state index in [4.69, 9.17) is 9.72 Å². The molecule has 0 fully saturated rings. The Morgan fingerprint density at radius 1 is 0.727 bits per heavy atom. The quantitative estimate of drug-likeness (QED) is 0.104. The summed E-state index contributed by atoms with van der Waals surface area (Å²) in [6, 6.07) is 45.6. The molecule has 0 saturated heterocycles. The zero-order valence-corrected chi connectivity index (χ0v) is 25.1. The second-order valence-electron chi connectivity index (χ2n) is 10.9. The van der Waals surface area contributed by atoms with Gasteiger partial charge >= 0.3 is 5.97 Å². The monoisotopic (exact) mass is 574 g/mol. The van der Waals surface area contributed by atoms with Gasteiger partial charge in [0.1, 0.15) is 5.54 Å². The first kappa shape index (κ1) is 28.6. The average Bonchev–Trinajstić information content (AvgIpc) is 3.57. The van der Waals surface area contributed by atoms with E-state index in [0.29, 0.717) is 5.56 Å². The lowest BCUT2D eigenvalue weighted by molar-refractivity contribution is 0.0600. The van der Waals surface area contributed by atoms with E-state index in [0.717, 1.165) is 39.1 Å². The molecular formula is C40H34N2O2. The van der Waals surface area contributed by atoms with Gasteiger partial charge in [0.2, 0.25) is 0 Å². The zero-order chi connectivity index (χ0) is 30.5. The number of carbonyl (C=O) groups is 1. The topological polar surface area (TPSA) is 44.1 Å². The second kappa shape index (κ2) is 12.4. The number of benzene rings is 5. The molecule has 0 unspecified atom stereocenters. The van der Waals surface area contributed by atoms with E-state index in [-0.39, 0.29) is 5.97 Å². The number of aryl methyl sites for hydroxylation is 1. The molecule has 0 radical (unpaired) electrons. The Kier molecular flexibility index (Phi) is 8.07. The fourth-order valence-corrected chi connectivity index (χ4v) is 6.00. The lowest BCUT2D eigenvalue weighted by atomic mass is 9.76. The van der Waals surface area contributed by atoms with Gasteiger partial charge in [-0.2, -0.15) is 0 Å². The summed E-state index contributed by atoms with van der Waals surface area (Å²) >= 11 is 0. The van der Waals surface area contributed by atoms with E-state index in [1.807, 2.05) is 42.7 Å². The third kappa shape index (κ3) is 5.27. The van der Waals surface area contributed by atoms with E-state index in [9.17, 15) is 4.79 Å². The number of carbonyl (C=O) groups excluding carboxylic acids is 1. The third-order valence-electron chi connectivity index (χ3n) is 8.33. The highest BCUT2D eigenvalue weighted by atomic mass is 16.5. The van der Waals surface area contributed by atoms with Crippen molar-refractivity contribution in [3.8, 4) is 0 Å². The number of nitrogens with zero attached hydrogens (tertiary/aromatic N) is 2. The number of aromatic nitrogens is 2. The Bertz CT molecular complexity index is 1830. The molecule has 6 rings (SSSR count). The molecule has 0 aliphatic rings. The van der Waals surface area contributed by atoms with Gasteiger partial charge in [-0.1, -0.05) is 121 Å². The van der Waals surface area contributed by atoms with Gasteiger partial charge in [0, 0.05) is 11.8 Å². The number of ether oxygens (including phenoxy) is 1. The molecule has 6 aromatic rings. The minimum absolute atomic E-state index is 0.365. The van der Waals surface area contributed by atoms with Crippen LogP contribution < -0.4 is 0 Å². The van der Waals surface area contributed by atoms with Crippen molar-refractivity contribution < 1.29 is 9.53 Å². The number of esters is 1. The van der Waals surface area contributed by atoms with Gasteiger partial charge in [-0.15, -0.1) is 0 Å². The zero-order valence-electron chi connectivity index (χ0n) is 25.1. The lowest BCUT2D eigenvalue weighted by Crippen LogP contribution is -2.36. The molecule has 44 heavy (non-hydrogen) atoms. The summed E-state index contributed by atoms with van der Waals surface area (Å²) < 4.78 is 7.22. The molecule has 5 aromatic carbocycles. The van der Waals surface area contributed by atoms with Gasteiger partial charge < -0.3 is 9.30 Å². The molecule has 1 aromatic heterocycles. The minimum atomic E-state index is -0.674. The van der Waals surface area contributed by atoms with Crippen LogP contribution >= 0.6 is 0 Å². The van der Waals surface area contributed by atoms with Crippen LogP contribution in [-0.2, 0) is 10.3 Å². The summed E-state index contributed by atoms with van der Waals surface area (Å²) in [5.41, 5.74) is 9.36. The molecule has 4 heteroatoms. The summed E-state index contributed by atoms with van der Waals surface area (Å²) in [4.78, 5) is 17.4. The van der Waals surface area contributed by atoms with Crippen LogP contribution in [0.3, 0.4) is 0 Å². The predicted octanol–water partition coefficient (Wildman–Crippen LogP) is 8.72. The van der Waals surface area contributed by atoms with Crippen LogP contribution in [-0.4, -0.2) is 22.6 Å². The summed E-state index contributed by atoms with van der Waals surface area (Å²) in [6.07, 6.45) is 6.19. The van der Waals surface area contributed by atoms with Crippen molar-refractivity contribution in [1.82, 2.24) is 9.55 Å². The van der Waals surface area contributed by atoms with Crippen molar-refractivity contribution in [1.29, 1.82) is 0 Å². The molecule has 0 saturated carbocycles. The maximum absolute atomic E-state index is 12.3. The van der Waals surface area contributed by atoms with Crippen molar-refractivity contribution in [2.45, 2.75) is 19.4 Å². The number of rotatable bonds is 8. The van der Waals surface area contributed by atoms with Gasteiger partial charge in [-0.05, 0) is 71.0 Å². The minimum Gasteiger partial charge on any atom is -0.465 e. The Morgan fingerprint density at radius 2 is 1.30 bits per heavy atom. The van der Waals surface area contributed by atoms with Crippen molar-refractivity contribution in [3.05, 3.63) is 196 Å². The molecule has 0 aliphatic carbocycles. The van der Waals surface area contributed by atoms with Crippen LogP contribution in [0.25, 0.3) is 11.6 Å². The maximum Gasteiger partial charge on any atom is 0.337 e. The van der Waals surface area contributed by atoms with Crippen LogP contribution in [0.1, 0.15) is 55.0 Å². The Morgan fingerprint density at radius 3 is 1.86 bits per heavy atom. The highest BCUT2D eigenvalue weighted by molar-refractivity contribution is 5.94. The molecular weight excluding hydrogens is 540 g/mol. The van der Waals surface area contributed by atoms with Crippen LogP contribution in [0.4, 0.5) is 0 Å². The van der Waals surface area contributed by atoms with E-state index in [1.165, 1.54) is 18.2 Å². The summed E-state index contributed by atoms with van der Waals surface area (Å²) in [7, 11) is 1.40. The van der Waals surface area contributed by atoms with E-state index >= 15 is 0 Å². The molecule has 0 aliphatic heterocycles. The summed E-state index contributed by atoms with van der Waals surface area (Å²) in [6.45, 7) is 4.26. The van der Waals surface area contributed by atoms with Gasteiger partial charge in [-0.25, -0.2) is 9.78 Å². The van der Waals surface area contributed by atoms with Gasteiger partial charge in [0.25, 0.3) is 0 Å². The van der Waals surface area contributed by atoms with Crippen molar-refractivity contribution in [2.75, 3.05) is 7.11 Å². The second-order valence-corrected chi connectivity index (χ2v) is 10.9. The first-order chi connectivity index (χ1) is 21.5. The van der Waals surface area contributed by atoms with Gasteiger partial charge in [0.05, 0.1) is 24.7 Å². The first-order valence-electron chi connectivity index (χ1n) is 14.7. The van der Waals surface area contributed by atoms with Crippen LogP contribution in [0, 0.1) is 13.8 Å². The Hall–Kier alpha value is -5.48. The fraction of sp³-hybridized carbons (Fsp3) is 0.100. The molecule has 0 N–H and O–H groups in total. The SMILES string of the molecule is COC(=O)c1cccc(/C=C(\c2cn(C(c3ccccc3)(c3ccccc3)c3ccccc3)cn2)c2cccc(C)c2C)c1. The molecule has 0 atom stereocenters. The van der Waals surface area contributed by atoms with E-state index < -0.39 is 5.54 Å². The standard InChI is InChI=1S/C40H34N2O2/c1-29-15-13-24-36(30(29)2)37(26-31-16-14-17-32(25-31)39(43)44-3)38-27-42(28-41-38)40(33-18-7-4-8-19-33,34-20-9-5-10-21-34)35-22-11-6-12-23-35/h4-28H,1-3H3/b37-26-. The van der Waals surface area contributed by atoms with Gasteiger partial charge in [0.15, 0.2) is 0 Å². The van der Waals surface area contributed by atoms with Crippen LogP contribution in [0.15, 0.2) is 146 Å². The highest BCUT2D eigenvalue weighted by Gasteiger charge is 2.38. The highest BCUT2D eigenvalue weighted by Crippen LogP contribution is 2.41. The van der Waals surface area contributed by atoms with Crippen LogP contribution in [0.2, 0.25) is 0 Å². The largest absolute Gasteiger partial charge is 0.465 e. The van der Waals surface area contributed by atoms with Crippen LogP contribution in [0.5, 0.6) is 0 Å². The maximum atomic E-state index is 12.3. The molecule has 0 spiro atoms. The van der Waals surface area contributed by atoms with Crippen molar-refractivity contribution in [2.24, 2.45) is 0 Å². The molecule has 4 nitrogen and oxygen atoms in total. The summed E-state index contributed by atoms with van der Waals surface area (Å²) in [5.74, 6) is -0.365. The van der Waals surface area contributed by atoms with Crippen molar-refractivity contribution in [3.63, 3.8) is 0 Å². The predicted molar refractivity (Wildman–Crippen MR) is 178 cm³/mol. The number of hydrogen-bond donors (Lipinski definition) is 0. The number of hydrogen-bond acceptors (Lipinski definition) is 3.